The summed E-state index contributed by atoms with van der Waals surface area (Å²) in [5.41, 5.74) is 0.797. The zero-order valence-electron chi connectivity index (χ0n) is 17.4. The molecule has 0 saturated heterocycles. The Balaban J connectivity index is 2.53. The number of methoxy groups -OCH3 is 1. The maximum atomic E-state index is 12.9. The Hall–Kier alpha value is -2.58. The first-order valence-electron chi connectivity index (χ1n) is 9.44. The maximum absolute atomic E-state index is 12.9. The number of nitrogens with zero attached hydrogens (tertiary/aromatic N) is 2. The number of aliphatic imine (C=N–C) groups is 1. The highest BCUT2D eigenvalue weighted by atomic mass is 32.2. The lowest BCUT2D eigenvalue weighted by Crippen LogP contribution is -2.30. The lowest BCUT2D eigenvalue weighted by atomic mass is 10.2. The van der Waals surface area contributed by atoms with E-state index < -0.39 is 10.0 Å². The van der Waals surface area contributed by atoms with Gasteiger partial charge in [0.1, 0.15) is 22.9 Å². The van der Waals surface area contributed by atoms with Crippen LogP contribution in [0.3, 0.4) is 0 Å². The van der Waals surface area contributed by atoms with Crippen LogP contribution in [0.4, 0.5) is 5.69 Å². The lowest BCUT2D eigenvalue weighted by Gasteiger charge is -2.19. The van der Waals surface area contributed by atoms with E-state index >= 15 is 0 Å². The van der Waals surface area contributed by atoms with Crippen molar-refractivity contribution in [2.45, 2.75) is 38.7 Å². The minimum Gasteiger partial charge on any atom is -0.507 e. The number of hydrogen-bond donors (Lipinski definition) is 1. The molecule has 0 saturated carbocycles. The van der Waals surface area contributed by atoms with Crippen LogP contribution in [0.1, 0.15) is 33.3 Å². The van der Waals surface area contributed by atoms with E-state index in [1.165, 1.54) is 35.8 Å². The Morgan fingerprint density at radius 2 is 1.83 bits per heavy atom. The number of aromatic hydroxyl groups is 1. The Kier molecular flexibility index (Phi) is 7.64. The van der Waals surface area contributed by atoms with Crippen LogP contribution in [0.2, 0.25) is 0 Å². The summed E-state index contributed by atoms with van der Waals surface area (Å²) in [6.07, 6.45) is 1.34. The zero-order valence-corrected chi connectivity index (χ0v) is 18.2. The van der Waals surface area contributed by atoms with Crippen molar-refractivity contribution in [2.24, 2.45) is 4.99 Å². The maximum Gasteiger partial charge on any atom is 0.243 e. The molecule has 1 N–H and O–H groups in total. The Morgan fingerprint density at radius 3 is 2.41 bits per heavy atom. The van der Waals surface area contributed by atoms with Gasteiger partial charge in [-0.15, -0.1) is 0 Å². The monoisotopic (exact) mass is 420 g/mol. The van der Waals surface area contributed by atoms with Crippen molar-refractivity contribution in [1.82, 2.24) is 4.31 Å². The average Bonchev–Trinajstić information content (AvgIpc) is 2.68. The minimum atomic E-state index is -3.64. The third kappa shape index (κ3) is 5.48. The standard InChI is InChI=1S/C21H28N2O5S/c1-6-23(7-2)29(25,26)18-9-11-21(28-15(3)4)19(13-18)22-14-16-12-17(27-5)8-10-20(16)24/h8-15,24H,6-7H2,1-5H3. The number of hydrogen-bond acceptors (Lipinski definition) is 6. The topological polar surface area (TPSA) is 88.4 Å². The molecule has 2 aromatic rings. The largest absolute Gasteiger partial charge is 0.507 e. The molecule has 0 spiro atoms. The highest BCUT2D eigenvalue weighted by Gasteiger charge is 2.23. The first-order valence-corrected chi connectivity index (χ1v) is 10.9. The number of phenolic OH excluding ortho intramolecular Hbond substituents is 1. The molecule has 8 heteroatoms. The second kappa shape index (κ2) is 9.76. The summed E-state index contributed by atoms with van der Waals surface area (Å²) in [4.78, 5) is 4.54. The molecular formula is C21H28N2O5S. The van der Waals surface area contributed by atoms with Crippen LogP contribution in [-0.2, 0) is 10.0 Å². The molecule has 158 valence electrons. The summed E-state index contributed by atoms with van der Waals surface area (Å²) in [5, 5.41) is 10.1. The first-order chi connectivity index (χ1) is 13.7. The van der Waals surface area contributed by atoms with Gasteiger partial charge in [0.25, 0.3) is 0 Å². The normalized spacial score (nSPS) is 12.1. The fraction of sp³-hybridized carbons (Fsp3) is 0.381. The molecule has 0 radical (unpaired) electrons. The molecule has 2 rings (SSSR count). The second-order valence-electron chi connectivity index (χ2n) is 6.57. The van der Waals surface area contributed by atoms with Crippen molar-refractivity contribution in [3.63, 3.8) is 0 Å². The van der Waals surface area contributed by atoms with E-state index in [1.807, 2.05) is 13.8 Å². The molecule has 0 unspecified atom stereocenters. The fourth-order valence-electron chi connectivity index (χ4n) is 2.73. The summed E-state index contributed by atoms with van der Waals surface area (Å²) in [6, 6.07) is 9.39. The van der Waals surface area contributed by atoms with Crippen LogP contribution in [0.25, 0.3) is 0 Å². The molecule has 0 heterocycles. The molecule has 7 nitrogen and oxygen atoms in total. The van der Waals surface area contributed by atoms with E-state index in [0.29, 0.717) is 35.8 Å². The molecule has 0 aromatic heterocycles. The van der Waals surface area contributed by atoms with Crippen LogP contribution >= 0.6 is 0 Å². The van der Waals surface area contributed by atoms with Crippen molar-refractivity contribution in [3.05, 3.63) is 42.0 Å². The molecule has 0 aliphatic carbocycles. The molecular weight excluding hydrogens is 392 g/mol. The number of phenols is 1. The minimum absolute atomic E-state index is 0.0350. The lowest BCUT2D eigenvalue weighted by molar-refractivity contribution is 0.243. The number of sulfonamides is 1. The molecule has 0 fully saturated rings. The fourth-order valence-corrected chi connectivity index (χ4v) is 4.21. The third-order valence-electron chi connectivity index (χ3n) is 4.21. The quantitative estimate of drug-likeness (QED) is 0.620. The van der Waals surface area contributed by atoms with Crippen molar-refractivity contribution in [2.75, 3.05) is 20.2 Å². The summed E-state index contributed by atoms with van der Waals surface area (Å²) in [5.74, 6) is 1.06. The van der Waals surface area contributed by atoms with Crippen molar-refractivity contribution in [3.8, 4) is 17.2 Å². The van der Waals surface area contributed by atoms with Gasteiger partial charge in [0.05, 0.1) is 18.1 Å². The van der Waals surface area contributed by atoms with Gasteiger partial charge in [-0.25, -0.2) is 8.42 Å². The second-order valence-corrected chi connectivity index (χ2v) is 8.51. The van der Waals surface area contributed by atoms with Gasteiger partial charge in [-0.1, -0.05) is 13.8 Å². The predicted octanol–water partition coefficient (Wildman–Crippen LogP) is 3.97. The van der Waals surface area contributed by atoms with E-state index in [1.54, 1.807) is 32.0 Å². The Morgan fingerprint density at radius 1 is 1.14 bits per heavy atom. The van der Waals surface area contributed by atoms with Crippen molar-refractivity contribution >= 4 is 21.9 Å². The predicted molar refractivity (Wildman–Crippen MR) is 114 cm³/mol. The molecule has 0 bridgehead atoms. The van der Waals surface area contributed by atoms with E-state index in [4.69, 9.17) is 9.47 Å². The highest BCUT2D eigenvalue weighted by Crippen LogP contribution is 2.33. The first kappa shape index (κ1) is 22.7. The van der Waals surface area contributed by atoms with E-state index in [9.17, 15) is 13.5 Å². The zero-order chi connectivity index (χ0) is 21.6. The molecule has 0 aliphatic rings. The third-order valence-corrected chi connectivity index (χ3v) is 6.26. The summed E-state index contributed by atoms with van der Waals surface area (Å²) < 4.78 is 38.1. The molecule has 29 heavy (non-hydrogen) atoms. The van der Waals surface area contributed by atoms with Crippen molar-refractivity contribution in [1.29, 1.82) is 0 Å². The number of rotatable bonds is 9. The molecule has 0 aliphatic heterocycles. The van der Waals surface area contributed by atoms with Gasteiger partial charge in [-0.2, -0.15) is 4.31 Å². The highest BCUT2D eigenvalue weighted by molar-refractivity contribution is 7.89. The van der Waals surface area contributed by atoms with E-state index in [-0.39, 0.29) is 16.7 Å². The summed E-state index contributed by atoms with van der Waals surface area (Å²) in [7, 11) is -2.11. The van der Waals surface area contributed by atoms with E-state index in [0.717, 1.165) is 0 Å². The van der Waals surface area contributed by atoms with Gasteiger partial charge in [-0.05, 0) is 50.2 Å². The van der Waals surface area contributed by atoms with Crippen LogP contribution in [0.5, 0.6) is 17.2 Å². The van der Waals surface area contributed by atoms with Gasteiger partial charge in [0, 0.05) is 24.9 Å². The van der Waals surface area contributed by atoms with Crippen LogP contribution in [-0.4, -0.2) is 50.3 Å². The summed E-state index contributed by atoms with van der Waals surface area (Å²) in [6.45, 7) is 8.09. The van der Waals surface area contributed by atoms with Crippen LogP contribution in [0, 0.1) is 0 Å². The molecule has 0 atom stereocenters. The summed E-state index contributed by atoms with van der Waals surface area (Å²) >= 11 is 0. The number of ether oxygens (including phenoxy) is 2. The van der Waals surface area contributed by atoms with Crippen LogP contribution in [0.15, 0.2) is 46.3 Å². The Bertz CT molecular complexity index is 967. The molecule has 0 amide bonds. The van der Waals surface area contributed by atoms with Gasteiger partial charge >= 0.3 is 0 Å². The van der Waals surface area contributed by atoms with Gasteiger partial charge in [-0.3, -0.25) is 4.99 Å². The van der Waals surface area contributed by atoms with Gasteiger partial charge in [0.15, 0.2) is 0 Å². The van der Waals surface area contributed by atoms with Gasteiger partial charge in [0.2, 0.25) is 10.0 Å². The van der Waals surface area contributed by atoms with Gasteiger partial charge < -0.3 is 14.6 Å². The number of benzene rings is 2. The smallest absolute Gasteiger partial charge is 0.243 e. The van der Waals surface area contributed by atoms with Crippen LogP contribution < -0.4 is 9.47 Å². The molecule has 2 aromatic carbocycles. The van der Waals surface area contributed by atoms with E-state index in [2.05, 4.69) is 4.99 Å². The van der Waals surface area contributed by atoms with Crippen molar-refractivity contribution < 1.29 is 23.0 Å². The Labute approximate surface area is 172 Å². The average molecular weight is 421 g/mol. The SMILES string of the molecule is CCN(CC)S(=O)(=O)c1ccc(OC(C)C)c(N=Cc2cc(OC)ccc2O)c1.